The van der Waals surface area contributed by atoms with Crippen LogP contribution in [0.15, 0.2) is 10.7 Å². The number of nitrogens with two attached hydrogens (primary N) is 1. The largest absolute Gasteiger partial charge is 0.381 e. The Labute approximate surface area is 100 Å². The molecule has 0 radical (unpaired) electrons. The van der Waals surface area contributed by atoms with Crippen LogP contribution < -0.4 is 5.73 Å². The van der Waals surface area contributed by atoms with Crippen molar-refractivity contribution >= 4 is 21.7 Å². The highest BCUT2D eigenvalue weighted by molar-refractivity contribution is 9.10. The van der Waals surface area contributed by atoms with E-state index in [1.165, 1.54) is 6.42 Å². The van der Waals surface area contributed by atoms with Crippen molar-refractivity contribution in [1.29, 1.82) is 0 Å². The second-order valence-electron chi connectivity index (χ2n) is 5.45. The van der Waals surface area contributed by atoms with Gasteiger partial charge in [0.1, 0.15) is 0 Å². The van der Waals surface area contributed by atoms with Gasteiger partial charge in [0.2, 0.25) is 0 Å². The summed E-state index contributed by atoms with van der Waals surface area (Å²) in [5.41, 5.74) is 6.04. The summed E-state index contributed by atoms with van der Waals surface area (Å²) in [7, 11) is 0. The highest BCUT2D eigenvalue weighted by Gasteiger charge is 2.16. The number of hydrogen-bond donors (Lipinski definition) is 1. The molecule has 0 aromatic carbocycles. The first kappa shape index (κ1) is 12.6. The summed E-state index contributed by atoms with van der Waals surface area (Å²) < 4.78 is 2.79. The van der Waals surface area contributed by atoms with E-state index in [4.69, 9.17) is 5.73 Å². The van der Waals surface area contributed by atoms with Gasteiger partial charge in [-0.2, -0.15) is 5.10 Å². The average Bonchev–Trinajstić information content (AvgIpc) is 2.26. The molecule has 0 amide bonds. The van der Waals surface area contributed by atoms with Gasteiger partial charge in [0, 0.05) is 12.7 Å². The third-order valence-electron chi connectivity index (χ3n) is 2.20. The molecule has 0 aliphatic carbocycles. The lowest BCUT2D eigenvalue weighted by atomic mass is 9.85. The first-order valence-corrected chi connectivity index (χ1v) is 6.05. The molecule has 0 saturated carbocycles. The Kier molecular flexibility index (Phi) is 3.82. The molecule has 3 nitrogen and oxygen atoms in total. The van der Waals surface area contributed by atoms with Crippen molar-refractivity contribution in [1.82, 2.24) is 9.78 Å². The second-order valence-corrected chi connectivity index (χ2v) is 6.31. The molecule has 0 bridgehead atoms. The molecule has 1 aromatic rings. The smallest absolute Gasteiger partial charge is 0.159 e. The van der Waals surface area contributed by atoms with E-state index in [-0.39, 0.29) is 0 Å². The minimum Gasteiger partial charge on any atom is -0.381 e. The Morgan fingerprint density at radius 3 is 2.53 bits per heavy atom. The Bertz CT molecular complexity index is 306. The molecule has 0 spiro atoms. The fourth-order valence-electron chi connectivity index (χ4n) is 1.93. The molecule has 1 aromatic heterocycles. The van der Waals surface area contributed by atoms with Gasteiger partial charge in [-0.25, -0.2) is 0 Å². The van der Waals surface area contributed by atoms with Crippen molar-refractivity contribution in [3.05, 3.63) is 10.7 Å². The van der Waals surface area contributed by atoms with Crippen molar-refractivity contribution in [2.45, 2.75) is 40.7 Å². The van der Waals surface area contributed by atoms with Crippen LogP contribution in [-0.4, -0.2) is 9.78 Å². The molecular weight excluding hydrogens is 254 g/mol. The van der Waals surface area contributed by atoms with Crippen LogP contribution in [0.5, 0.6) is 0 Å². The normalized spacial score (nSPS) is 14.2. The fraction of sp³-hybridized carbons (Fsp3) is 0.727. The zero-order valence-electron chi connectivity index (χ0n) is 9.92. The van der Waals surface area contributed by atoms with Crippen LogP contribution in [0.2, 0.25) is 0 Å². The van der Waals surface area contributed by atoms with Crippen molar-refractivity contribution in [2.24, 2.45) is 11.3 Å². The topological polar surface area (TPSA) is 43.8 Å². The number of nitrogens with zero attached hydrogens (tertiary/aromatic N) is 2. The molecule has 1 atom stereocenters. The first-order valence-electron chi connectivity index (χ1n) is 5.26. The van der Waals surface area contributed by atoms with Crippen LogP contribution in [0.1, 0.15) is 34.1 Å². The predicted octanol–water partition coefficient (Wildman–Crippen LogP) is 3.30. The summed E-state index contributed by atoms with van der Waals surface area (Å²) in [5.74, 6) is 1.18. The molecule has 0 fully saturated rings. The minimum absolute atomic E-state index is 0.370. The van der Waals surface area contributed by atoms with Crippen molar-refractivity contribution < 1.29 is 0 Å². The Morgan fingerprint density at radius 2 is 2.13 bits per heavy atom. The van der Waals surface area contributed by atoms with Crippen LogP contribution in [0.3, 0.4) is 0 Å². The van der Waals surface area contributed by atoms with Crippen molar-refractivity contribution in [3.63, 3.8) is 0 Å². The second kappa shape index (κ2) is 4.56. The van der Waals surface area contributed by atoms with Crippen LogP contribution in [0, 0.1) is 11.3 Å². The maximum absolute atomic E-state index is 5.66. The lowest BCUT2D eigenvalue weighted by Gasteiger charge is -2.23. The molecule has 2 N–H and O–H groups in total. The summed E-state index contributed by atoms with van der Waals surface area (Å²) in [6.45, 7) is 9.95. The third kappa shape index (κ3) is 4.24. The summed E-state index contributed by atoms with van der Waals surface area (Å²) in [6.07, 6.45) is 3.12. The molecular formula is C11H20BrN3. The van der Waals surface area contributed by atoms with E-state index in [2.05, 4.69) is 48.7 Å². The summed E-state index contributed by atoms with van der Waals surface area (Å²) in [6, 6.07) is 0. The third-order valence-corrected chi connectivity index (χ3v) is 2.81. The number of anilines is 1. The molecule has 15 heavy (non-hydrogen) atoms. The monoisotopic (exact) mass is 273 g/mol. The van der Waals surface area contributed by atoms with Gasteiger partial charge in [0.25, 0.3) is 0 Å². The SMILES string of the molecule is CC(Cn1cc(Br)c(N)n1)CC(C)(C)C. The molecule has 0 saturated heterocycles. The Morgan fingerprint density at radius 1 is 1.53 bits per heavy atom. The molecule has 4 heteroatoms. The fourth-order valence-corrected chi connectivity index (χ4v) is 2.25. The van der Waals surface area contributed by atoms with Gasteiger partial charge in [-0.3, -0.25) is 4.68 Å². The summed E-state index contributed by atoms with van der Waals surface area (Å²) in [4.78, 5) is 0. The van der Waals surface area contributed by atoms with E-state index < -0.39 is 0 Å². The number of aromatic nitrogens is 2. The quantitative estimate of drug-likeness (QED) is 0.919. The van der Waals surface area contributed by atoms with Crippen LogP contribution in [0.25, 0.3) is 0 Å². The number of hydrogen-bond acceptors (Lipinski definition) is 2. The maximum atomic E-state index is 5.66. The van der Waals surface area contributed by atoms with Gasteiger partial charge in [-0.15, -0.1) is 0 Å². The standard InChI is InChI=1S/C11H20BrN3/c1-8(5-11(2,3)4)6-15-7-9(12)10(13)14-15/h7-8H,5-6H2,1-4H3,(H2,13,14). The van der Waals surface area contributed by atoms with Gasteiger partial charge in [0.05, 0.1) is 4.47 Å². The van der Waals surface area contributed by atoms with E-state index in [9.17, 15) is 0 Å². The molecule has 86 valence electrons. The van der Waals surface area contributed by atoms with E-state index >= 15 is 0 Å². The van der Waals surface area contributed by atoms with Crippen LogP contribution in [-0.2, 0) is 6.54 Å². The molecule has 1 heterocycles. The van der Waals surface area contributed by atoms with Crippen molar-refractivity contribution in [2.75, 3.05) is 5.73 Å². The van der Waals surface area contributed by atoms with E-state index in [1.807, 2.05) is 10.9 Å². The lowest BCUT2D eigenvalue weighted by Crippen LogP contribution is -2.16. The Balaban J connectivity index is 2.55. The zero-order valence-corrected chi connectivity index (χ0v) is 11.5. The zero-order chi connectivity index (χ0) is 11.6. The number of rotatable bonds is 3. The maximum Gasteiger partial charge on any atom is 0.159 e. The van der Waals surface area contributed by atoms with E-state index in [1.54, 1.807) is 0 Å². The molecule has 0 aliphatic rings. The van der Waals surface area contributed by atoms with Gasteiger partial charge >= 0.3 is 0 Å². The van der Waals surface area contributed by atoms with Gasteiger partial charge < -0.3 is 5.73 Å². The molecule has 1 unspecified atom stereocenters. The number of halogens is 1. The summed E-state index contributed by atoms with van der Waals surface area (Å²) >= 11 is 3.36. The van der Waals surface area contributed by atoms with Gasteiger partial charge in [-0.1, -0.05) is 27.7 Å². The van der Waals surface area contributed by atoms with E-state index in [0.29, 0.717) is 17.2 Å². The lowest BCUT2D eigenvalue weighted by molar-refractivity contribution is 0.280. The van der Waals surface area contributed by atoms with Gasteiger partial charge in [0.15, 0.2) is 5.82 Å². The van der Waals surface area contributed by atoms with Gasteiger partial charge in [-0.05, 0) is 33.7 Å². The first-order chi connectivity index (χ1) is 6.78. The molecule has 1 rings (SSSR count). The highest BCUT2D eigenvalue weighted by atomic mass is 79.9. The predicted molar refractivity (Wildman–Crippen MR) is 67.6 cm³/mol. The molecule has 0 aliphatic heterocycles. The highest BCUT2D eigenvalue weighted by Crippen LogP contribution is 2.25. The summed E-state index contributed by atoms with van der Waals surface area (Å²) in [5, 5.41) is 4.23. The minimum atomic E-state index is 0.370. The van der Waals surface area contributed by atoms with Crippen LogP contribution >= 0.6 is 15.9 Å². The van der Waals surface area contributed by atoms with Crippen LogP contribution in [0.4, 0.5) is 5.82 Å². The van der Waals surface area contributed by atoms with Crippen molar-refractivity contribution in [3.8, 4) is 0 Å². The Hall–Kier alpha value is -0.510. The van der Waals surface area contributed by atoms with E-state index in [0.717, 1.165) is 11.0 Å². The number of nitrogen functional groups attached to an aromatic ring is 1. The average molecular weight is 274 g/mol.